The topological polar surface area (TPSA) is 33.3 Å². The fraction of sp³-hybridized carbons (Fsp3) is 0.348. The van der Waals surface area contributed by atoms with E-state index in [-0.39, 0.29) is 11.2 Å². The van der Waals surface area contributed by atoms with Crippen molar-refractivity contribution >= 4 is 23.5 Å². The zero-order valence-corrected chi connectivity index (χ0v) is 17.6. The Hall–Kier alpha value is -2.33. The van der Waals surface area contributed by atoms with Crippen molar-refractivity contribution in [3.8, 4) is 0 Å². The van der Waals surface area contributed by atoms with Crippen LogP contribution in [-0.4, -0.2) is 17.4 Å². The summed E-state index contributed by atoms with van der Waals surface area (Å²) in [6.45, 7) is 14.6. The average molecular weight is 381 g/mol. The van der Waals surface area contributed by atoms with Crippen molar-refractivity contribution in [2.75, 3.05) is 6.54 Å². The molecule has 142 valence electrons. The van der Waals surface area contributed by atoms with Gasteiger partial charge in [-0.25, -0.2) is 0 Å². The van der Waals surface area contributed by atoms with Gasteiger partial charge in [0.1, 0.15) is 0 Å². The summed E-state index contributed by atoms with van der Waals surface area (Å²) < 4.78 is 1.85. The Labute approximate surface area is 168 Å². The quantitative estimate of drug-likeness (QED) is 0.185. The van der Waals surface area contributed by atoms with Crippen molar-refractivity contribution < 1.29 is 9.36 Å². The van der Waals surface area contributed by atoms with Crippen LogP contribution in [0, 0.1) is 13.8 Å². The van der Waals surface area contributed by atoms with Crippen LogP contribution in [0.3, 0.4) is 0 Å². The van der Waals surface area contributed by atoms with Gasteiger partial charge in [0, 0.05) is 17.7 Å². The summed E-state index contributed by atoms with van der Waals surface area (Å²) in [5, 5.41) is 0.367. The molecule has 1 heterocycles. The molecule has 0 aliphatic carbocycles. The number of aromatic nitrogens is 1. The molecule has 0 radical (unpaired) electrons. The van der Waals surface area contributed by atoms with Crippen molar-refractivity contribution in [2.24, 2.45) is 4.99 Å². The average Bonchev–Trinajstić information content (AvgIpc) is 2.62. The molecule has 0 aliphatic rings. The number of carbonyl (C=O) groups is 1. The summed E-state index contributed by atoms with van der Waals surface area (Å²) >= 11 is 5.51. The van der Waals surface area contributed by atoms with Crippen molar-refractivity contribution in [2.45, 2.75) is 46.1 Å². The van der Waals surface area contributed by atoms with Crippen molar-refractivity contribution in [1.82, 2.24) is 0 Å². The van der Waals surface area contributed by atoms with E-state index < -0.39 is 6.04 Å². The van der Waals surface area contributed by atoms with Gasteiger partial charge in [-0.05, 0) is 47.1 Å². The first-order chi connectivity index (χ1) is 12.6. The molecule has 2 aromatic rings. The minimum atomic E-state index is -0.643. The van der Waals surface area contributed by atoms with Gasteiger partial charge in [-0.2, -0.15) is 4.57 Å². The number of aryl methyl sites for hydroxylation is 2. The highest BCUT2D eigenvalue weighted by Crippen LogP contribution is 2.21. The lowest BCUT2D eigenvalue weighted by molar-refractivity contribution is -0.692. The van der Waals surface area contributed by atoms with E-state index >= 15 is 0 Å². The van der Waals surface area contributed by atoms with Crippen molar-refractivity contribution in [3.63, 3.8) is 0 Å². The number of aliphatic imine (C=N–C) groups is 1. The molecular formula is C23H28N2OS. The van der Waals surface area contributed by atoms with E-state index in [0.717, 1.165) is 11.1 Å². The van der Waals surface area contributed by atoms with Crippen LogP contribution < -0.4 is 4.57 Å². The minimum Gasteiger partial charge on any atom is -0.758 e. The predicted molar refractivity (Wildman–Crippen MR) is 114 cm³/mol. The Morgan fingerprint density at radius 2 is 1.81 bits per heavy atom. The van der Waals surface area contributed by atoms with Crippen LogP contribution in [0.4, 0.5) is 0 Å². The first kappa shape index (κ1) is 21.0. The van der Waals surface area contributed by atoms with E-state index in [4.69, 9.17) is 12.6 Å². The summed E-state index contributed by atoms with van der Waals surface area (Å²) in [6.07, 6.45) is 5.51. The third kappa shape index (κ3) is 5.10. The number of benzene rings is 1. The lowest BCUT2D eigenvalue weighted by atomic mass is 9.88. The first-order valence-corrected chi connectivity index (χ1v) is 9.51. The molecule has 0 fully saturated rings. The summed E-state index contributed by atoms with van der Waals surface area (Å²) in [5.74, 6) is -0.0515. The minimum absolute atomic E-state index is 0.0421. The highest BCUT2D eigenvalue weighted by Gasteiger charge is 2.29. The maximum absolute atomic E-state index is 13.3. The van der Waals surface area contributed by atoms with Gasteiger partial charge in [0.05, 0.1) is 6.54 Å². The molecule has 0 saturated carbocycles. The highest BCUT2D eigenvalue weighted by atomic mass is 32.1. The molecule has 1 aromatic heterocycles. The van der Waals surface area contributed by atoms with Crippen LogP contribution >= 0.6 is 0 Å². The van der Waals surface area contributed by atoms with E-state index in [0.29, 0.717) is 17.2 Å². The molecule has 0 N–H and O–H groups in total. The third-order valence-corrected chi connectivity index (χ3v) is 5.02. The number of rotatable bonds is 6. The van der Waals surface area contributed by atoms with E-state index in [9.17, 15) is 4.79 Å². The molecule has 0 aliphatic heterocycles. The second-order valence-corrected chi connectivity index (χ2v) is 8.24. The Balaban J connectivity index is 2.49. The summed E-state index contributed by atoms with van der Waals surface area (Å²) in [6, 6.07) is 9.18. The van der Waals surface area contributed by atoms with Crippen LogP contribution in [0.5, 0.6) is 0 Å². The van der Waals surface area contributed by atoms with Crippen LogP contribution in [-0.2, 0) is 18.0 Å². The fourth-order valence-corrected chi connectivity index (χ4v) is 3.08. The van der Waals surface area contributed by atoms with Gasteiger partial charge in [0.2, 0.25) is 11.8 Å². The normalized spacial score (nSPS) is 13.3. The standard InChI is InChI=1S/C23H28N2OS/c1-7-12-24-22(27)20(21(26)18-9-8-16(2)17(3)15-18)25-13-10-19(11-14-25)23(4,5)6/h7-11,13-15,20H,1,12H2,2-6H3/t20-/m0/s1. The Bertz CT molecular complexity index is 861. The molecule has 4 heteroatoms. The van der Waals surface area contributed by atoms with Gasteiger partial charge in [-0.1, -0.05) is 39.0 Å². The SMILES string of the molecule is C=CCN=C([S-])[C@H](C(=O)c1ccc(C)c(C)c1)[n+]1ccc(C(C)(C)C)cc1. The molecule has 0 bridgehead atoms. The van der Waals surface area contributed by atoms with Gasteiger partial charge < -0.3 is 17.6 Å². The number of nitrogens with zero attached hydrogens (tertiary/aromatic N) is 2. The molecule has 0 unspecified atom stereocenters. The van der Waals surface area contributed by atoms with Crippen LogP contribution in [0.15, 0.2) is 60.4 Å². The second kappa shape index (κ2) is 8.57. The van der Waals surface area contributed by atoms with E-state index in [2.05, 4.69) is 32.3 Å². The van der Waals surface area contributed by atoms with Crippen LogP contribution in [0.1, 0.15) is 53.9 Å². The molecular weight excluding hydrogens is 352 g/mol. The smallest absolute Gasteiger partial charge is 0.237 e. The molecule has 27 heavy (non-hydrogen) atoms. The predicted octanol–water partition coefficient (Wildman–Crippen LogP) is 4.44. The fourth-order valence-electron chi connectivity index (χ4n) is 2.78. The van der Waals surface area contributed by atoms with Gasteiger partial charge in [-0.3, -0.25) is 4.79 Å². The summed E-state index contributed by atoms with van der Waals surface area (Å²) in [5.41, 5.74) is 4.13. The number of Topliss-reactive ketones (excluding diaryl/α,β-unsaturated/α-hetero) is 1. The second-order valence-electron chi connectivity index (χ2n) is 7.82. The number of carbonyl (C=O) groups excluding carboxylic acids is 1. The Morgan fingerprint density at radius 3 is 2.33 bits per heavy atom. The van der Waals surface area contributed by atoms with Crippen molar-refractivity contribution in [3.05, 3.63) is 77.6 Å². The van der Waals surface area contributed by atoms with Gasteiger partial charge in [0.15, 0.2) is 12.4 Å². The maximum atomic E-state index is 13.3. The van der Waals surface area contributed by atoms with Crippen LogP contribution in [0.2, 0.25) is 0 Å². The van der Waals surface area contributed by atoms with E-state index in [1.807, 2.05) is 61.1 Å². The first-order valence-electron chi connectivity index (χ1n) is 9.10. The lowest BCUT2D eigenvalue weighted by Gasteiger charge is -2.21. The Kier molecular flexibility index (Phi) is 6.66. The molecule has 0 amide bonds. The molecule has 2 rings (SSSR count). The summed E-state index contributed by atoms with van der Waals surface area (Å²) in [4.78, 5) is 17.6. The van der Waals surface area contributed by atoms with Gasteiger partial charge in [-0.15, -0.1) is 6.58 Å². The van der Waals surface area contributed by atoms with Crippen molar-refractivity contribution in [1.29, 1.82) is 0 Å². The number of pyridine rings is 1. The maximum Gasteiger partial charge on any atom is 0.237 e. The van der Waals surface area contributed by atoms with Crippen LogP contribution in [0.25, 0.3) is 0 Å². The number of hydrogen-bond acceptors (Lipinski definition) is 3. The lowest BCUT2D eigenvalue weighted by Crippen LogP contribution is -2.48. The highest BCUT2D eigenvalue weighted by molar-refractivity contribution is 7.77. The third-order valence-electron chi connectivity index (χ3n) is 4.67. The molecule has 3 nitrogen and oxygen atoms in total. The molecule has 0 spiro atoms. The monoisotopic (exact) mass is 380 g/mol. The van der Waals surface area contributed by atoms with E-state index in [1.54, 1.807) is 6.08 Å². The summed E-state index contributed by atoms with van der Waals surface area (Å²) in [7, 11) is 0. The zero-order chi connectivity index (χ0) is 20.2. The largest absolute Gasteiger partial charge is 0.758 e. The number of ketones is 1. The van der Waals surface area contributed by atoms with E-state index in [1.165, 1.54) is 5.56 Å². The molecule has 1 atom stereocenters. The van der Waals surface area contributed by atoms with Gasteiger partial charge >= 0.3 is 0 Å². The molecule has 1 aromatic carbocycles. The van der Waals surface area contributed by atoms with Gasteiger partial charge in [0.25, 0.3) is 0 Å². The Morgan fingerprint density at radius 1 is 1.19 bits per heavy atom. The number of hydrogen-bond donors (Lipinski definition) is 0. The zero-order valence-electron chi connectivity index (χ0n) is 16.8. The molecule has 0 saturated heterocycles.